The van der Waals surface area contributed by atoms with Gasteiger partial charge in [-0.05, 0) is 0 Å². The monoisotopic (exact) mass is 290 g/mol. The number of hydrogen-bond acceptors (Lipinski definition) is 4. The van der Waals surface area contributed by atoms with Crippen molar-refractivity contribution in [1.29, 1.82) is 0 Å². The molecule has 0 aliphatic carbocycles. The fourth-order valence-electron chi connectivity index (χ4n) is 2.03. The number of thioether (sulfide) groups is 2. The highest BCUT2D eigenvalue weighted by atomic mass is 32.2. The first-order valence-corrected chi connectivity index (χ1v) is 8.39. The van der Waals surface area contributed by atoms with Crippen LogP contribution in [-0.4, -0.2) is 27.2 Å². The number of hydrogen-bond donors (Lipinski definition) is 1. The van der Waals surface area contributed by atoms with Crippen LogP contribution in [0.15, 0.2) is 41.2 Å². The molecule has 3 nitrogen and oxygen atoms in total. The van der Waals surface area contributed by atoms with E-state index in [1.54, 1.807) is 6.07 Å². The molecule has 1 atom stereocenters. The first-order chi connectivity index (χ1) is 9.33. The lowest BCUT2D eigenvalue weighted by atomic mass is 10.1. The fraction of sp³-hybridized carbons (Fsp3) is 0.286. The minimum atomic E-state index is -0.0694. The molecule has 1 fully saturated rings. The average molecular weight is 290 g/mol. The molecule has 2 heterocycles. The van der Waals surface area contributed by atoms with E-state index in [4.69, 9.17) is 0 Å². The van der Waals surface area contributed by atoms with Gasteiger partial charge in [0.15, 0.2) is 0 Å². The van der Waals surface area contributed by atoms with E-state index in [0.29, 0.717) is 5.25 Å². The Labute approximate surface area is 120 Å². The van der Waals surface area contributed by atoms with Crippen LogP contribution in [-0.2, 0) is 0 Å². The minimum Gasteiger partial charge on any atom is -0.310 e. The topological polar surface area (TPSA) is 45.8 Å². The van der Waals surface area contributed by atoms with Crippen LogP contribution in [0.1, 0.15) is 11.1 Å². The van der Waals surface area contributed by atoms with E-state index in [1.807, 2.05) is 53.9 Å². The number of benzene rings is 1. The summed E-state index contributed by atoms with van der Waals surface area (Å²) >= 11 is 3.80. The van der Waals surface area contributed by atoms with Gasteiger partial charge in [0.05, 0.1) is 10.9 Å². The molecule has 3 rings (SSSR count). The van der Waals surface area contributed by atoms with E-state index in [1.165, 1.54) is 5.75 Å². The van der Waals surface area contributed by atoms with Crippen LogP contribution in [0.25, 0.3) is 11.3 Å². The van der Waals surface area contributed by atoms with Gasteiger partial charge in [0.2, 0.25) is 0 Å². The van der Waals surface area contributed by atoms with Gasteiger partial charge in [-0.3, -0.25) is 4.79 Å². The summed E-state index contributed by atoms with van der Waals surface area (Å²) in [6.07, 6.45) is 0. The van der Waals surface area contributed by atoms with Gasteiger partial charge in [-0.25, -0.2) is 4.98 Å². The van der Waals surface area contributed by atoms with Crippen molar-refractivity contribution in [2.24, 2.45) is 0 Å². The van der Waals surface area contributed by atoms with E-state index in [2.05, 4.69) is 9.97 Å². The Morgan fingerprint density at radius 2 is 2.05 bits per heavy atom. The molecule has 1 aliphatic rings. The van der Waals surface area contributed by atoms with Crippen LogP contribution in [0.2, 0.25) is 0 Å². The Balaban J connectivity index is 1.98. The first-order valence-electron chi connectivity index (χ1n) is 6.19. The lowest BCUT2D eigenvalue weighted by Gasteiger charge is -2.20. The largest absolute Gasteiger partial charge is 0.310 e. The molecule has 0 radical (unpaired) electrons. The van der Waals surface area contributed by atoms with Crippen LogP contribution < -0.4 is 5.56 Å². The molecule has 1 unspecified atom stereocenters. The molecule has 1 N–H and O–H groups in total. The minimum absolute atomic E-state index is 0.0694. The summed E-state index contributed by atoms with van der Waals surface area (Å²) in [5.74, 6) is 4.13. The zero-order chi connectivity index (χ0) is 13.1. The summed E-state index contributed by atoms with van der Waals surface area (Å²) in [6, 6.07) is 11.4. The normalized spacial score (nSPS) is 19.3. The smallest absolute Gasteiger partial charge is 0.251 e. The van der Waals surface area contributed by atoms with E-state index >= 15 is 0 Å². The Morgan fingerprint density at radius 3 is 2.79 bits per heavy atom. The summed E-state index contributed by atoms with van der Waals surface area (Å²) in [7, 11) is 0. The second-order valence-electron chi connectivity index (χ2n) is 4.32. The molecule has 1 aromatic carbocycles. The number of H-pyrrole nitrogens is 1. The maximum absolute atomic E-state index is 11.8. The molecule has 5 heteroatoms. The van der Waals surface area contributed by atoms with Crippen LogP contribution in [0.5, 0.6) is 0 Å². The standard InChI is InChI=1S/C14H14N2OS2/c17-13-8-11(10-4-2-1-3-5-10)15-14(16-13)12-9-18-6-7-19-12/h1-5,8,12H,6-7,9H2,(H,15,16,17). The quantitative estimate of drug-likeness (QED) is 0.923. The van der Waals surface area contributed by atoms with Gasteiger partial charge in [0.25, 0.3) is 5.56 Å². The van der Waals surface area contributed by atoms with Crippen molar-refractivity contribution >= 4 is 23.5 Å². The molecule has 2 aromatic rings. The van der Waals surface area contributed by atoms with Gasteiger partial charge in [-0.1, -0.05) is 30.3 Å². The predicted molar refractivity (Wildman–Crippen MR) is 82.8 cm³/mol. The van der Waals surface area contributed by atoms with E-state index in [0.717, 1.165) is 28.6 Å². The van der Waals surface area contributed by atoms with E-state index in [9.17, 15) is 4.79 Å². The van der Waals surface area contributed by atoms with Gasteiger partial charge < -0.3 is 4.98 Å². The van der Waals surface area contributed by atoms with E-state index < -0.39 is 0 Å². The third kappa shape index (κ3) is 3.04. The first kappa shape index (κ1) is 12.8. The Kier molecular flexibility index (Phi) is 3.94. The van der Waals surface area contributed by atoms with Crippen LogP contribution in [0, 0.1) is 0 Å². The maximum Gasteiger partial charge on any atom is 0.251 e. The molecular weight excluding hydrogens is 276 g/mol. The van der Waals surface area contributed by atoms with Crippen molar-refractivity contribution in [3.63, 3.8) is 0 Å². The molecular formula is C14H14N2OS2. The number of nitrogens with zero attached hydrogens (tertiary/aromatic N) is 1. The molecule has 19 heavy (non-hydrogen) atoms. The molecule has 1 aliphatic heterocycles. The van der Waals surface area contributed by atoms with Crippen molar-refractivity contribution in [1.82, 2.24) is 9.97 Å². The fourth-order valence-corrected chi connectivity index (χ4v) is 4.65. The van der Waals surface area contributed by atoms with Crippen molar-refractivity contribution in [2.45, 2.75) is 5.25 Å². The highest BCUT2D eigenvalue weighted by molar-refractivity contribution is 8.06. The van der Waals surface area contributed by atoms with Gasteiger partial charge in [-0.2, -0.15) is 11.8 Å². The summed E-state index contributed by atoms with van der Waals surface area (Å²) < 4.78 is 0. The molecule has 0 bridgehead atoms. The predicted octanol–water partition coefficient (Wildman–Crippen LogP) is 2.96. The number of nitrogens with one attached hydrogen (secondary N) is 1. The number of rotatable bonds is 2. The summed E-state index contributed by atoms with van der Waals surface area (Å²) in [4.78, 5) is 19.3. The average Bonchev–Trinajstić information content (AvgIpc) is 2.48. The van der Waals surface area contributed by atoms with Gasteiger partial charge >= 0.3 is 0 Å². The highest BCUT2D eigenvalue weighted by Gasteiger charge is 2.19. The molecule has 1 aromatic heterocycles. The van der Waals surface area contributed by atoms with Gasteiger partial charge in [0, 0.05) is 28.9 Å². The van der Waals surface area contributed by atoms with Crippen molar-refractivity contribution in [2.75, 3.05) is 17.3 Å². The summed E-state index contributed by atoms with van der Waals surface area (Å²) in [5.41, 5.74) is 1.68. The van der Waals surface area contributed by atoms with Gasteiger partial charge in [0.1, 0.15) is 5.82 Å². The Bertz CT molecular complexity index is 606. The highest BCUT2D eigenvalue weighted by Crippen LogP contribution is 2.35. The lowest BCUT2D eigenvalue weighted by molar-refractivity contribution is 0.909. The zero-order valence-corrected chi connectivity index (χ0v) is 12.0. The molecule has 0 amide bonds. The van der Waals surface area contributed by atoms with Crippen LogP contribution in [0.3, 0.4) is 0 Å². The third-order valence-corrected chi connectivity index (χ3v) is 5.71. The van der Waals surface area contributed by atoms with Crippen molar-refractivity contribution in [3.8, 4) is 11.3 Å². The van der Waals surface area contributed by atoms with Crippen molar-refractivity contribution < 1.29 is 0 Å². The maximum atomic E-state index is 11.8. The van der Waals surface area contributed by atoms with Crippen LogP contribution in [0.4, 0.5) is 0 Å². The van der Waals surface area contributed by atoms with Gasteiger partial charge in [-0.15, -0.1) is 11.8 Å². The molecule has 0 saturated carbocycles. The second kappa shape index (κ2) is 5.84. The summed E-state index contributed by atoms with van der Waals surface area (Å²) in [5, 5.41) is 0.301. The molecule has 1 saturated heterocycles. The molecule has 98 valence electrons. The number of aromatic amines is 1. The Hall–Kier alpha value is -1.20. The van der Waals surface area contributed by atoms with Crippen LogP contribution >= 0.6 is 23.5 Å². The summed E-state index contributed by atoms with van der Waals surface area (Å²) in [6.45, 7) is 0. The second-order valence-corrected chi connectivity index (χ2v) is 6.78. The van der Waals surface area contributed by atoms with Crippen molar-refractivity contribution in [3.05, 3.63) is 52.6 Å². The molecule has 0 spiro atoms. The third-order valence-electron chi connectivity index (χ3n) is 2.95. The van der Waals surface area contributed by atoms with E-state index in [-0.39, 0.29) is 5.56 Å². The Morgan fingerprint density at radius 1 is 1.21 bits per heavy atom. The zero-order valence-electron chi connectivity index (χ0n) is 10.3. The number of aromatic nitrogens is 2. The lowest BCUT2D eigenvalue weighted by Crippen LogP contribution is -2.16. The SMILES string of the molecule is O=c1cc(-c2ccccc2)nc(C2CSCCS2)[nH]1.